The van der Waals surface area contributed by atoms with E-state index >= 15 is 0 Å². The van der Waals surface area contributed by atoms with E-state index in [1.54, 1.807) is 6.92 Å². The van der Waals surface area contributed by atoms with E-state index in [4.69, 9.17) is 9.15 Å². The Hall–Kier alpha value is -3.55. The molecule has 28 heavy (non-hydrogen) atoms. The molecule has 0 aliphatic carbocycles. The summed E-state index contributed by atoms with van der Waals surface area (Å²) in [6.45, 7) is 3.12. The lowest BCUT2D eigenvalue weighted by Crippen LogP contribution is -2.31. The van der Waals surface area contributed by atoms with E-state index in [0.717, 1.165) is 17.2 Å². The molecule has 0 saturated heterocycles. The monoisotopic (exact) mass is 383 g/mol. The standard InChI is InChI=1S/C20H18FN3O4/c1-12-7-9-14(10-8-12)20-24-23-19(28-20)13(2)27-17(25)11-22-18(26)15-5-3-4-6-16(15)21/h3-10,13H,11H2,1-2H3,(H,22,26)/t13-/m1/s1. The molecule has 3 rings (SSSR count). The highest BCUT2D eigenvalue weighted by Crippen LogP contribution is 2.22. The van der Waals surface area contributed by atoms with Crippen LogP contribution in [0.25, 0.3) is 11.5 Å². The van der Waals surface area contributed by atoms with Crippen LogP contribution in [0, 0.1) is 12.7 Å². The van der Waals surface area contributed by atoms with Gasteiger partial charge in [0.25, 0.3) is 11.8 Å². The summed E-state index contributed by atoms with van der Waals surface area (Å²) < 4.78 is 24.3. The van der Waals surface area contributed by atoms with E-state index in [2.05, 4.69) is 15.5 Å². The first-order valence-electron chi connectivity index (χ1n) is 8.56. The van der Waals surface area contributed by atoms with Gasteiger partial charge >= 0.3 is 5.97 Å². The Morgan fingerprint density at radius 2 is 1.86 bits per heavy atom. The molecule has 0 saturated carbocycles. The van der Waals surface area contributed by atoms with Crippen molar-refractivity contribution >= 4 is 11.9 Å². The molecular weight excluding hydrogens is 365 g/mol. The van der Waals surface area contributed by atoms with Gasteiger partial charge in [-0.1, -0.05) is 29.8 Å². The zero-order valence-electron chi connectivity index (χ0n) is 15.3. The van der Waals surface area contributed by atoms with Crippen molar-refractivity contribution in [2.24, 2.45) is 0 Å². The number of ether oxygens (including phenoxy) is 1. The van der Waals surface area contributed by atoms with E-state index in [1.165, 1.54) is 18.2 Å². The van der Waals surface area contributed by atoms with Gasteiger partial charge in [0.1, 0.15) is 12.4 Å². The van der Waals surface area contributed by atoms with Crippen molar-refractivity contribution in [2.75, 3.05) is 6.54 Å². The Labute approximate surface area is 160 Å². The number of benzene rings is 2. The first-order chi connectivity index (χ1) is 13.4. The summed E-state index contributed by atoms with van der Waals surface area (Å²) in [4.78, 5) is 23.9. The van der Waals surface area contributed by atoms with Gasteiger partial charge in [-0.2, -0.15) is 0 Å². The van der Waals surface area contributed by atoms with Gasteiger partial charge in [0.05, 0.1) is 5.56 Å². The van der Waals surface area contributed by atoms with Crippen molar-refractivity contribution in [3.8, 4) is 11.5 Å². The summed E-state index contributed by atoms with van der Waals surface area (Å²) >= 11 is 0. The Balaban J connectivity index is 1.55. The summed E-state index contributed by atoms with van der Waals surface area (Å²) in [6, 6.07) is 13.0. The molecule has 0 radical (unpaired) electrons. The number of carbonyl (C=O) groups is 2. The number of esters is 1. The molecule has 8 heteroatoms. The molecule has 7 nitrogen and oxygen atoms in total. The van der Waals surface area contributed by atoms with E-state index < -0.39 is 30.3 Å². The number of hydrogen-bond acceptors (Lipinski definition) is 6. The van der Waals surface area contributed by atoms with E-state index in [1.807, 2.05) is 31.2 Å². The molecule has 0 bridgehead atoms. The molecule has 0 aliphatic heterocycles. The fourth-order valence-electron chi connectivity index (χ4n) is 2.39. The molecule has 0 unspecified atom stereocenters. The maximum Gasteiger partial charge on any atom is 0.326 e. The SMILES string of the molecule is Cc1ccc(-c2nnc([C@@H](C)OC(=O)CNC(=O)c3ccccc3F)o2)cc1. The summed E-state index contributed by atoms with van der Waals surface area (Å²) in [5.41, 5.74) is 1.70. The molecule has 1 heterocycles. The van der Waals surface area contributed by atoms with E-state index in [9.17, 15) is 14.0 Å². The largest absolute Gasteiger partial charge is 0.451 e. The van der Waals surface area contributed by atoms with Gasteiger partial charge in [0, 0.05) is 5.56 Å². The van der Waals surface area contributed by atoms with Crippen LogP contribution >= 0.6 is 0 Å². The molecule has 1 aromatic heterocycles. The highest BCUT2D eigenvalue weighted by atomic mass is 19.1. The molecule has 1 amide bonds. The van der Waals surface area contributed by atoms with Gasteiger partial charge < -0.3 is 14.5 Å². The molecule has 0 fully saturated rings. The molecule has 0 aliphatic rings. The van der Waals surface area contributed by atoms with Crippen LogP contribution in [0.5, 0.6) is 0 Å². The third kappa shape index (κ3) is 4.59. The Kier molecular flexibility index (Phi) is 5.78. The third-order valence-corrected chi connectivity index (χ3v) is 3.91. The van der Waals surface area contributed by atoms with Gasteiger partial charge in [0.15, 0.2) is 6.10 Å². The second kappa shape index (κ2) is 8.43. The predicted molar refractivity (Wildman–Crippen MR) is 97.7 cm³/mol. The highest BCUT2D eigenvalue weighted by Gasteiger charge is 2.20. The van der Waals surface area contributed by atoms with Gasteiger partial charge in [-0.25, -0.2) is 4.39 Å². The predicted octanol–water partition coefficient (Wildman–Crippen LogP) is 3.22. The zero-order chi connectivity index (χ0) is 20.1. The molecule has 3 aromatic rings. The second-order valence-corrected chi connectivity index (χ2v) is 6.11. The summed E-state index contributed by atoms with van der Waals surface area (Å²) in [7, 11) is 0. The lowest BCUT2D eigenvalue weighted by molar-refractivity contribution is -0.148. The van der Waals surface area contributed by atoms with Crippen molar-refractivity contribution < 1.29 is 23.1 Å². The second-order valence-electron chi connectivity index (χ2n) is 6.11. The minimum absolute atomic E-state index is 0.129. The maximum atomic E-state index is 13.6. The average molecular weight is 383 g/mol. The molecule has 144 valence electrons. The summed E-state index contributed by atoms with van der Waals surface area (Å²) in [6.07, 6.45) is -0.801. The first kappa shape index (κ1) is 19.2. The number of rotatable bonds is 6. The minimum Gasteiger partial charge on any atom is -0.451 e. The average Bonchev–Trinajstić information content (AvgIpc) is 3.17. The molecule has 1 atom stereocenters. The number of aryl methyl sites for hydroxylation is 1. The highest BCUT2D eigenvalue weighted by molar-refractivity contribution is 5.96. The van der Waals surface area contributed by atoms with Crippen LogP contribution in [-0.2, 0) is 9.53 Å². The number of halogens is 1. The quantitative estimate of drug-likeness (QED) is 0.657. The third-order valence-electron chi connectivity index (χ3n) is 3.91. The van der Waals surface area contributed by atoms with Gasteiger partial charge in [0.2, 0.25) is 5.89 Å². The zero-order valence-corrected chi connectivity index (χ0v) is 15.3. The number of aromatic nitrogens is 2. The summed E-state index contributed by atoms with van der Waals surface area (Å²) in [5, 5.41) is 10.2. The lowest BCUT2D eigenvalue weighted by atomic mass is 10.1. The normalized spacial score (nSPS) is 11.7. The van der Waals surface area contributed by atoms with Crippen LogP contribution < -0.4 is 5.32 Å². The van der Waals surface area contributed by atoms with Crippen molar-refractivity contribution in [3.05, 3.63) is 71.4 Å². The van der Waals surface area contributed by atoms with Crippen LogP contribution in [0.2, 0.25) is 0 Å². The van der Waals surface area contributed by atoms with Crippen LogP contribution in [0.15, 0.2) is 52.9 Å². The number of nitrogens with zero attached hydrogens (tertiary/aromatic N) is 2. The maximum absolute atomic E-state index is 13.6. The summed E-state index contributed by atoms with van der Waals surface area (Å²) in [5.74, 6) is -1.65. The van der Waals surface area contributed by atoms with Crippen LogP contribution in [0.1, 0.15) is 34.8 Å². The Morgan fingerprint density at radius 3 is 2.57 bits per heavy atom. The van der Waals surface area contributed by atoms with E-state index in [0.29, 0.717) is 5.89 Å². The van der Waals surface area contributed by atoms with Crippen molar-refractivity contribution in [1.29, 1.82) is 0 Å². The fourth-order valence-corrected chi connectivity index (χ4v) is 2.39. The molecule has 1 N–H and O–H groups in total. The first-order valence-corrected chi connectivity index (χ1v) is 8.56. The number of nitrogens with one attached hydrogen (secondary N) is 1. The molecule has 2 aromatic carbocycles. The van der Waals surface area contributed by atoms with E-state index in [-0.39, 0.29) is 11.5 Å². The number of hydrogen-bond donors (Lipinski definition) is 1. The number of carbonyl (C=O) groups excluding carboxylic acids is 2. The van der Waals surface area contributed by atoms with Crippen LogP contribution in [0.4, 0.5) is 4.39 Å². The van der Waals surface area contributed by atoms with Crippen LogP contribution in [-0.4, -0.2) is 28.6 Å². The topological polar surface area (TPSA) is 94.3 Å². The minimum atomic E-state index is -0.801. The fraction of sp³-hybridized carbons (Fsp3) is 0.200. The van der Waals surface area contributed by atoms with Gasteiger partial charge in [-0.3, -0.25) is 9.59 Å². The van der Waals surface area contributed by atoms with Crippen molar-refractivity contribution in [2.45, 2.75) is 20.0 Å². The molecule has 0 spiro atoms. The van der Waals surface area contributed by atoms with Gasteiger partial charge in [-0.05, 0) is 38.1 Å². The smallest absolute Gasteiger partial charge is 0.326 e. The van der Waals surface area contributed by atoms with Crippen LogP contribution in [0.3, 0.4) is 0 Å². The Morgan fingerprint density at radius 1 is 1.14 bits per heavy atom. The Bertz CT molecular complexity index is 985. The lowest BCUT2D eigenvalue weighted by Gasteiger charge is -2.10. The van der Waals surface area contributed by atoms with Crippen molar-refractivity contribution in [3.63, 3.8) is 0 Å². The van der Waals surface area contributed by atoms with Crippen molar-refractivity contribution in [1.82, 2.24) is 15.5 Å². The number of amides is 1. The molecular formula is C20H18FN3O4. The van der Waals surface area contributed by atoms with Gasteiger partial charge in [-0.15, -0.1) is 10.2 Å².